The van der Waals surface area contributed by atoms with Gasteiger partial charge in [-0.15, -0.1) is 0 Å². The van der Waals surface area contributed by atoms with E-state index in [1.165, 1.54) is 0 Å². The minimum atomic E-state index is -0.790. The highest BCUT2D eigenvalue weighted by atomic mass is 16.5. The van der Waals surface area contributed by atoms with Gasteiger partial charge in [0, 0.05) is 44.0 Å². The summed E-state index contributed by atoms with van der Waals surface area (Å²) in [5.41, 5.74) is 1.20. The molecule has 2 N–H and O–H groups in total. The quantitative estimate of drug-likeness (QED) is 0.837. The molecule has 1 aromatic rings. The van der Waals surface area contributed by atoms with Crippen LogP contribution in [0.4, 0.5) is 5.69 Å². The molecular formula is C19H24N2O5. The first-order valence-corrected chi connectivity index (χ1v) is 9.02. The fourth-order valence-electron chi connectivity index (χ4n) is 3.43. The van der Waals surface area contributed by atoms with E-state index in [-0.39, 0.29) is 23.7 Å². The Morgan fingerprint density at radius 1 is 1.12 bits per heavy atom. The molecule has 7 nitrogen and oxygen atoms in total. The summed E-state index contributed by atoms with van der Waals surface area (Å²) in [5, 5.41) is 11.9. The van der Waals surface area contributed by atoms with Gasteiger partial charge >= 0.3 is 5.97 Å². The van der Waals surface area contributed by atoms with Crippen LogP contribution in [0.3, 0.4) is 0 Å². The largest absolute Gasteiger partial charge is 0.481 e. The molecule has 2 fully saturated rings. The molecule has 0 bridgehead atoms. The molecule has 1 unspecified atom stereocenters. The second kappa shape index (κ2) is 8.31. The molecule has 0 radical (unpaired) electrons. The molecule has 26 heavy (non-hydrogen) atoms. The molecular weight excluding hydrogens is 336 g/mol. The Labute approximate surface area is 152 Å². The van der Waals surface area contributed by atoms with E-state index >= 15 is 0 Å². The van der Waals surface area contributed by atoms with Crippen LogP contribution in [0.2, 0.25) is 0 Å². The lowest BCUT2D eigenvalue weighted by molar-refractivity contribution is -0.143. The van der Waals surface area contributed by atoms with Crippen LogP contribution in [-0.4, -0.2) is 54.1 Å². The number of carbonyl (C=O) groups excluding carboxylic acids is 2. The summed E-state index contributed by atoms with van der Waals surface area (Å²) in [6, 6.07) is 6.83. The van der Waals surface area contributed by atoms with E-state index in [9.17, 15) is 14.4 Å². The van der Waals surface area contributed by atoms with Crippen LogP contribution in [0, 0.1) is 11.8 Å². The Morgan fingerprint density at radius 2 is 1.81 bits per heavy atom. The van der Waals surface area contributed by atoms with Crippen LogP contribution in [0.5, 0.6) is 0 Å². The maximum absolute atomic E-state index is 12.5. The number of hydrogen-bond acceptors (Lipinski definition) is 4. The number of piperidine rings is 1. The number of hydrogen-bond donors (Lipinski definition) is 2. The second-order valence-electron chi connectivity index (χ2n) is 6.96. The van der Waals surface area contributed by atoms with Gasteiger partial charge < -0.3 is 20.1 Å². The maximum atomic E-state index is 12.5. The van der Waals surface area contributed by atoms with Gasteiger partial charge in [0.15, 0.2) is 0 Å². The molecule has 2 aliphatic rings. The number of aliphatic carboxylic acids is 1. The van der Waals surface area contributed by atoms with Gasteiger partial charge in [0.25, 0.3) is 5.91 Å². The van der Waals surface area contributed by atoms with Crippen molar-refractivity contribution in [1.29, 1.82) is 0 Å². The average molecular weight is 360 g/mol. The summed E-state index contributed by atoms with van der Waals surface area (Å²) >= 11 is 0. The van der Waals surface area contributed by atoms with E-state index in [1.807, 2.05) is 0 Å². The van der Waals surface area contributed by atoms with Gasteiger partial charge in [-0.25, -0.2) is 0 Å². The third-order valence-corrected chi connectivity index (χ3v) is 5.05. The fourth-order valence-corrected chi connectivity index (χ4v) is 3.43. The molecule has 2 saturated heterocycles. The van der Waals surface area contributed by atoms with Crippen molar-refractivity contribution < 1.29 is 24.2 Å². The maximum Gasteiger partial charge on any atom is 0.306 e. The van der Waals surface area contributed by atoms with Crippen LogP contribution in [0.1, 0.15) is 36.0 Å². The number of rotatable bonds is 5. The van der Waals surface area contributed by atoms with Crippen molar-refractivity contribution in [3.8, 4) is 0 Å². The Balaban J connectivity index is 1.51. The summed E-state index contributed by atoms with van der Waals surface area (Å²) in [4.78, 5) is 37.2. The molecule has 0 aromatic heterocycles. The number of likely N-dealkylation sites (tertiary alicyclic amines) is 1. The first kappa shape index (κ1) is 18.4. The molecule has 2 amide bonds. The van der Waals surface area contributed by atoms with Crippen LogP contribution >= 0.6 is 0 Å². The smallest absolute Gasteiger partial charge is 0.306 e. The lowest BCUT2D eigenvalue weighted by Gasteiger charge is -2.30. The zero-order valence-electron chi connectivity index (χ0n) is 14.6. The first-order chi connectivity index (χ1) is 12.5. The number of nitrogens with zero attached hydrogens (tertiary/aromatic N) is 1. The van der Waals surface area contributed by atoms with Crippen molar-refractivity contribution in [3.63, 3.8) is 0 Å². The van der Waals surface area contributed by atoms with Crippen molar-refractivity contribution in [2.24, 2.45) is 11.8 Å². The van der Waals surface area contributed by atoms with Gasteiger partial charge in [0.2, 0.25) is 5.91 Å². The Hall–Kier alpha value is -2.41. The molecule has 140 valence electrons. The number of carboxylic acid groups (broad SMARTS) is 1. The van der Waals surface area contributed by atoms with Gasteiger partial charge in [-0.2, -0.15) is 0 Å². The van der Waals surface area contributed by atoms with Gasteiger partial charge in [0.05, 0.1) is 5.92 Å². The minimum absolute atomic E-state index is 0.0460. The summed E-state index contributed by atoms with van der Waals surface area (Å²) in [7, 11) is 0. The molecule has 3 rings (SSSR count). The fraction of sp³-hybridized carbons (Fsp3) is 0.526. The average Bonchev–Trinajstić information content (AvgIpc) is 3.14. The first-order valence-electron chi connectivity index (χ1n) is 9.02. The van der Waals surface area contributed by atoms with Crippen molar-refractivity contribution in [2.75, 3.05) is 31.6 Å². The highest BCUT2D eigenvalue weighted by Crippen LogP contribution is 2.21. The monoisotopic (exact) mass is 360 g/mol. The SMILES string of the molecule is O=C(CC1CCOC1)Nc1ccc(C(=O)N2CCC(C(=O)O)CC2)cc1. The Bertz CT molecular complexity index is 659. The molecule has 1 atom stereocenters. The van der Waals surface area contributed by atoms with E-state index in [0.29, 0.717) is 50.2 Å². The number of nitrogens with one attached hydrogen (secondary N) is 1. The Morgan fingerprint density at radius 3 is 2.38 bits per heavy atom. The lowest BCUT2D eigenvalue weighted by atomic mass is 9.96. The number of benzene rings is 1. The number of carbonyl (C=O) groups is 3. The lowest BCUT2D eigenvalue weighted by Crippen LogP contribution is -2.40. The van der Waals surface area contributed by atoms with Crippen molar-refractivity contribution in [3.05, 3.63) is 29.8 Å². The highest BCUT2D eigenvalue weighted by Gasteiger charge is 2.27. The number of anilines is 1. The van der Waals surface area contributed by atoms with E-state index < -0.39 is 5.97 Å². The zero-order chi connectivity index (χ0) is 18.5. The standard InChI is InChI=1S/C19H24N2O5/c22-17(11-13-7-10-26-12-13)20-16-3-1-14(2-4-16)18(23)21-8-5-15(6-9-21)19(24)25/h1-4,13,15H,5-12H2,(H,20,22)(H,24,25). The zero-order valence-corrected chi connectivity index (χ0v) is 14.6. The molecule has 7 heteroatoms. The summed E-state index contributed by atoms with van der Waals surface area (Å²) in [5.74, 6) is -1.02. The third-order valence-electron chi connectivity index (χ3n) is 5.05. The van der Waals surface area contributed by atoms with Crippen molar-refractivity contribution in [1.82, 2.24) is 4.90 Å². The number of ether oxygens (including phenoxy) is 1. The van der Waals surface area contributed by atoms with Crippen molar-refractivity contribution >= 4 is 23.5 Å². The van der Waals surface area contributed by atoms with E-state index in [4.69, 9.17) is 9.84 Å². The topological polar surface area (TPSA) is 95.9 Å². The van der Waals surface area contributed by atoms with E-state index in [1.54, 1.807) is 29.2 Å². The predicted molar refractivity (Wildman–Crippen MR) is 94.9 cm³/mol. The molecule has 0 aliphatic carbocycles. The second-order valence-corrected chi connectivity index (χ2v) is 6.96. The highest BCUT2D eigenvalue weighted by molar-refractivity contribution is 5.96. The molecule has 2 heterocycles. The predicted octanol–water partition coefficient (Wildman–Crippen LogP) is 1.99. The van der Waals surface area contributed by atoms with Gasteiger partial charge in [-0.3, -0.25) is 14.4 Å². The van der Waals surface area contributed by atoms with Crippen LogP contribution in [0.15, 0.2) is 24.3 Å². The molecule has 1 aromatic carbocycles. The third kappa shape index (κ3) is 4.60. The van der Waals surface area contributed by atoms with Crippen LogP contribution in [0.25, 0.3) is 0 Å². The van der Waals surface area contributed by atoms with E-state index in [2.05, 4.69) is 5.32 Å². The van der Waals surface area contributed by atoms with E-state index in [0.717, 1.165) is 13.0 Å². The summed E-state index contributed by atoms with van der Waals surface area (Å²) in [6.07, 6.45) is 2.33. The normalized spacial score (nSPS) is 20.8. The van der Waals surface area contributed by atoms with Gasteiger partial charge in [-0.1, -0.05) is 0 Å². The summed E-state index contributed by atoms with van der Waals surface area (Å²) in [6.45, 7) is 2.27. The number of amides is 2. The minimum Gasteiger partial charge on any atom is -0.481 e. The summed E-state index contributed by atoms with van der Waals surface area (Å²) < 4.78 is 5.27. The van der Waals surface area contributed by atoms with Crippen LogP contribution < -0.4 is 5.32 Å². The number of carboxylic acids is 1. The molecule has 2 aliphatic heterocycles. The van der Waals surface area contributed by atoms with Crippen LogP contribution in [-0.2, 0) is 14.3 Å². The Kier molecular flexibility index (Phi) is 5.88. The van der Waals surface area contributed by atoms with Crippen molar-refractivity contribution in [2.45, 2.75) is 25.7 Å². The van der Waals surface area contributed by atoms with Gasteiger partial charge in [-0.05, 0) is 49.4 Å². The molecule has 0 spiro atoms. The molecule has 0 saturated carbocycles. The van der Waals surface area contributed by atoms with Gasteiger partial charge in [0.1, 0.15) is 0 Å².